The van der Waals surface area contributed by atoms with Gasteiger partial charge in [-0.1, -0.05) is 19.1 Å². The number of halogens is 1. The standard InChI is InChI=1S/C21H25FN2O4S/c1-15-9-11-24(12-10-15)21(25)19-13-18(7-8-20(19)28-2)29(26,27)23-14-16-3-5-17(22)6-4-16/h3-8,13,15,23H,9-12,14H2,1-2H3. The fourth-order valence-electron chi connectivity index (χ4n) is 3.27. The van der Waals surface area contributed by atoms with Crippen LogP contribution in [0.3, 0.4) is 0 Å². The van der Waals surface area contributed by atoms with E-state index >= 15 is 0 Å². The van der Waals surface area contributed by atoms with Gasteiger partial charge in [-0.15, -0.1) is 0 Å². The largest absolute Gasteiger partial charge is 0.496 e. The molecule has 156 valence electrons. The molecule has 3 rings (SSSR count). The first-order chi connectivity index (χ1) is 13.8. The van der Waals surface area contributed by atoms with Crippen LogP contribution in [0, 0.1) is 11.7 Å². The van der Waals surface area contributed by atoms with Gasteiger partial charge < -0.3 is 9.64 Å². The third-order valence-corrected chi connectivity index (χ3v) is 6.56. The lowest BCUT2D eigenvalue weighted by Crippen LogP contribution is -2.38. The minimum absolute atomic E-state index is 0.0158. The average Bonchev–Trinajstić information content (AvgIpc) is 2.73. The number of likely N-dealkylation sites (tertiary alicyclic amines) is 1. The van der Waals surface area contributed by atoms with Crippen molar-refractivity contribution in [2.45, 2.75) is 31.2 Å². The first-order valence-corrected chi connectivity index (χ1v) is 11.0. The average molecular weight is 421 g/mol. The predicted octanol–water partition coefficient (Wildman–Crippen LogP) is 3.18. The summed E-state index contributed by atoms with van der Waals surface area (Å²) in [7, 11) is -2.41. The number of sulfonamides is 1. The smallest absolute Gasteiger partial charge is 0.257 e. The third kappa shape index (κ3) is 5.13. The van der Waals surface area contributed by atoms with E-state index < -0.39 is 10.0 Å². The maximum absolute atomic E-state index is 13.0. The zero-order chi connectivity index (χ0) is 21.0. The second kappa shape index (κ2) is 8.92. The third-order valence-electron chi connectivity index (χ3n) is 5.16. The molecule has 1 saturated heterocycles. The summed E-state index contributed by atoms with van der Waals surface area (Å²) in [5.41, 5.74) is 0.855. The summed E-state index contributed by atoms with van der Waals surface area (Å²) in [6, 6.07) is 9.82. The quantitative estimate of drug-likeness (QED) is 0.779. The van der Waals surface area contributed by atoms with E-state index in [-0.39, 0.29) is 28.7 Å². The number of hydrogen-bond donors (Lipinski definition) is 1. The maximum Gasteiger partial charge on any atom is 0.257 e. The first kappa shape index (κ1) is 21.3. The van der Waals surface area contributed by atoms with Gasteiger partial charge >= 0.3 is 0 Å². The van der Waals surface area contributed by atoms with Crippen molar-refractivity contribution in [2.24, 2.45) is 5.92 Å². The number of nitrogens with one attached hydrogen (secondary N) is 1. The Labute approximate surface area is 170 Å². The number of methoxy groups -OCH3 is 1. The van der Waals surface area contributed by atoms with Crippen LogP contribution in [0.1, 0.15) is 35.7 Å². The molecule has 1 aliphatic heterocycles. The number of hydrogen-bond acceptors (Lipinski definition) is 4. The SMILES string of the molecule is COc1ccc(S(=O)(=O)NCc2ccc(F)cc2)cc1C(=O)N1CCC(C)CC1. The zero-order valence-corrected chi connectivity index (χ0v) is 17.3. The van der Waals surface area contributed by atoms with E-state index in [0.29, 0.717) is 30.3 Å². The highest BCUT2D eigenvalue weighted by Gasteiger charge is 2.26. The van der Waals surface area contributed by atoms with Gasteiger partial charge in [0.15, 0.2) is 0 Å². The van der Waals surface area contributed by atoms with Crippen LogP contribution in [0.25, 0.3) is 0 Å². The molecule has 2 aromatic rings. The monoisotopic (exact) mass is 420 g/mol. The molecule has 0 unspecified atom stereocenters. The highest BCUT2D eigenvalue weighted by molar-refractivity contribution is 7.89. The van der Waals surface area contributed by atoms with Crippen LogP contribution in [0.2, 0.25) is 0 Å². The lowest BCUT2D eigenvalue weighted by molar-refractivity contribution is 0.0693. The molecule has 0 aliphatic carbocycles. The van der Waals surface area contributed by atoms with Crippen molar-refractivity contribution >= 4 is 15.9 Å². The Morgan fingerprint density at radius 3 is 2.45 bits per heavy atom. The van der Waals surface area contributed by atoms with Gasteiger partial charge in [-0.2, -0.15) is 0 Å². The van der Waals surface area contributed by atoms with Gasteiger partial charge in [-0.05, 0) is 54.7 Å². The van der Waals surface area contributed by atoms with Crippen LogP contribution in [-0.4, -0.2) is 39.4 Å². The van der Waals surface area contributed by atoms with Crippen LogP contribution >= 0.6 is 0 Å². The molecule has 0 radical (unpaired) electrons. The Balaban J connectivity index is 1.81. The van der Waals surface area contributed by atoms with E-state index in [0.717, 1.165) is 12.8 Å². The summed E-state index contributed by atoms with van der Waals surface area (Å²) in [6.45, 7) is 3.45. The Morgan fingerprint density at radius 1 is 1.17 bits per heavy atom. The van der Waals surface area contributed by atoms with Crippen molar-refractivity contribution in [1.29, 1.82) is 0 Å². The molecule has 0 aromatic heterocycles. The summed E-state index contributed by atoms with van der Waals surface area (Å²) in [5.74, 6) is 0.292. The van der Waals surface area contributed by atoms with Gasteiger partial charge in [0.1, 0.15) is 11.6 Å². The van der Waals surface area contributed by atoms with Crippen molar-refractivity contribution in [1.82, 2.24) is 9.62 Å². The van der Waals surface area contributed by atoms with E-state index in [4.69, 9.17) is 4.74 Å². The number of carbonyl (C=O) groups excluding carboxylic acids is 1. The van der Waals surface area contributed by atoms with Crippen molar-refractivity contribution in [3.63, 3.8) is 0 Å². The molecule has 1 heterocycles. The molecule has 29 heavy (non-hydrogen) atoms. The molecule has 1 fully saturated rings. The lowest BCUT2D eigenvalue weighted by atomic mass is 9.98. The van der Waals surface area contributed by atoms with Crippen molar-refractivity contribution < 1.29 is 22.3 Å². The number of nitrogens with zero attached hydrogens (tertiary/aromatic N) is 1. The summed E-state index contributed by atoms with van der Waals surface area (Å²) >= 11 is 0. The summed E-state index contributed by atoms with van der Waals surface area (Å²) < 4.78 is 46.2. The topological polar surface area (TPSA) is 75.7 Å². The summed E-state index contributed by atoms with van der Waals surface area (Å²) in [4.78, 5) is 14.7. The zero-order valence-electron chi connectivity index (χ0n) is 16.5. The number of piperidine rings is 1. The van der Waals surface area contributed by atoms with Gasteiger partial charge in [0.05, 0.1) is 17.6 Å². The molecule has 6 nitrogen and oxygen atoms in total. The van der Waals surface area contributed by atoms with E-state index in [1.165, 1.54) is 49.6 Å². The first-order valence-electron chi connectivity index (χ1n) is 9.51. The summed E-state index contributed by atoms with van der Waals surface area (Å²) in [6.07, 6.45) is 1.84. The number of carbonyl (C=O) groups is 1. The Hall–Kier alpha value is -2.45. The van der Waals surface area contributed by atoms with E-state index in [1.54, 1.807) is 4.90 Å². The fourth-order valence-corrected chi connectivity index (χ4v) is 4.31. The van der Waals surface area contributed by atoms with Crippen LogP contribution in [0.4, 0.5) is 4.39 Å². The molecule has 0 spiro atoms. The molecular formula is C21H25FN2O4S. The molecule has 8 heteroatoms. The van der Waals surface area contributed by atoms with E-state index in [9.17, 15) is 17.6 Å². The second-order valence-electron chi connectivity index (χ2n) is 7.29. The molecule has 1 N–H and O–H groups in total. The summed E-state index contributed by atoms with van der Waals surface area (Å²) in [5, 5.41) is 0. The van der Waals surface area contributed by atoms with Crippen molar-refractivity contribution in [3.8, 4) is 5.75 Å². The Kier molecular flexibility index (Phi) is 6.54. The molecule has 1 aliphatic rings. The number of ether oxygens (including phenoxy) is 1. The minimum atomic E-state index is -3.86. The van der Waals surface area contributed by atoms with Gasteiger partial charge in [0.2, 0.25) is 10.0 Å². The van der Waals surface area contributed by atoms with Crippen LogP contribution in [0.15, 0.2) is 47.4 Å². The second-order valence-corrected chi connectivity index (χ2v) is 9.05. The lowest BCUT2D eigenvalue weighted by Gasteiger charge is -2.30. The van der Waals surface area contributed by atoms with Crippen LogP contribution in [0.5, 0.6) is 5.75 Å². The van der Waals surface area contributed by atoms with Gasteiger partial charge in [0.25, 0.3) is 5.91 Å². The fraction of sp³-hybridized carbons (Fsp3) is 0.381. The van der Waals surface area contributed by atoms with Crippen molar-refractivity contribution in [3.05, 3.63) is 59.4 Å². The van der Waals surface area contributed by atoms with Crippen LogP contribution in [-0.2, 0) is 16.6 Å². The normalized spacial score (nSPS) is 15.3. The molecule has 0 bridgehead atoms. The van der Waals surface area contributed by atoms with E-state index in [1.807, 2.05) is 0 Å². The highest BCUT2D eigenvalue weighted by Crippen LogP contribution is 2.26. The van der Waals surface area contributed by atoms with Crippen LogP contribution < -0.4 is 9.46 Å². The number of rotatable bonds is 6. The van der Waals surface area contributed by atoms with E-state index in [2.05, 4.69) is 11.6 Å². The molecular weight excluding hydrogens is 395 g/mol. The molecule has 0 saturated carbocycles. The van der Waals surface area contributed by atoms with Gasteiger partial charge in [0, 0.05) is 19.6 Å². The van der Waals surface area contributed by atoms with Gasteiger partial charge in [-0.3, -0.25) is 4.79 Å². The number of amides is 1. The Morgan fingerprint density at radius 2 is 1.83 bits per heavy atom. The molecule has 0 atom stereocenters. The maximum atomic E-state index is 13.0. The Bertz CT molecular complexity index is 969. The molecule has 2 aromatic carbocycles. The number of benzene rings is 2. The predicted molar refractivity (Wildman–Crippen MR) is 108 cm³/mol. The molecule has 1 amide bonds. The van der Waals surface area contributed by atoms with Gasteiger partial charge in [-0.25, -0.2) is 17.5 Å². The van der Waals surface area contributed by atoms with Crippen molar-refractivity contribution in [2.75, 3.05) is 20.2 Å². The minimum Gasteiger partial charge on any atom is -0.496 e. The highest BCUT2D eigenvalue weighted by atomic mass is 32.2.